The van der Waals surface area contributed by atoms with Gasteiger partial charge in [0.15, 0.2) is 0 Å². The van der Waals surface area contributed by atoms with Gasteiger partial charge in [0.25, 0.3) is 0 Å². The van der Waals surface area contributed by atoms with Gasteiger partial charge in [-0.3, -0.25) is 0 Å². The molecule has 1 heterocycles. The van der Waals surface area contributed by atoms with Crippen molar-refractivity contribution in [2.75, 3.05) is 0 Å². The zero-order valence-electron chi connectivity index (χ0n) is 8.72. The van der Waals surface area contributed by atoms with Crippen molar-refractivity contribution in [3.8, 4) is 0 Å². The topological polar surface area (TPSA) is 37.3 Å². The Labute approximate surface area is 116 Å². The summed E-state index contributed by atoms with van der Waals surface area (Å²) in [5, 5.41) is 11.0. The number of aromatic carboxylic acids is 1. The monoisotopic (exact) mass is 328 g/mol. The van der Waals surface area contributed by atoms with Gasteiger partial charge in [-0.2, -0.15) is 0 Å². The number of hydrogen-bond donors (Lipinski definition) is 1. The Morgan fingerprint density at radius 1 is 1.41 bits per heavy atom. The van der Waals surface area contributed by atoms with Crippen LogP contribution in [0.1, 0.15) is 15.9 Å². The Hall–Kier alpha value is -0.780. The van der Waals surface area contributed by atoms with Crippen molar-refractivity contribution in [2.24, 2.45) is 0 Å². The Bertz CT molecular complexity index is 537. The summed E-state index contributed by atoms with van der Waals surface area (Å²) >= 11 is 6.72. The van der Waals surface area contributed by atoms with Crippen LogP contribution >= 0.6 is 39.0 Å². The lowest BCUT2D eigenvalue weighted by atomic mass is 10.2. The normalized spacial score (nSPS) is 10.4. The first-order chi connectivity index (χ1) is 8.15. The molecule has 0 saturated heterocycles. The molecule has 0 aliphatic heterocycles. The molecule has 0 aliphatic carbocycles. The highest BCUT2D eigenvalue weighted by Crippen LogP contribution is 2.28. The van der Waals surface area contributed by atoms with Crippen LogP contribution in [0.2, 0.25) is 0 Å². The van der Waals surface area contributed by atoms with Gasteiger partial charge in [-0.15, -0.1) is 23.1 Å². The van der Waals surface area contributed by atoms with Crippen LogP contribution in [-0.2, 0) is 5.75 Å². The highest BCUT2D eigenvalue weighted by atomic mass is 79.9. The van der Waals surface area contributed by atoms with Crippen molar-refractivity contribution >= 4 is 45.0 Å². The molecular formula is C12H9BrO2S2. The van der Waals surface area contributed by atoms with Crippen molar-refractivity contribution in [1.29, 1.82) is 0 Å². The first-order valence-electron chi connectivity index (χ1n) is 4.84. The van der Waals surface area contributed by atoms with Crippen molar-refractivity contribution < 1.29 is 9.90 Å². The molecule has 0 fully saturated rings. The molecule has 1 aromatic heterocycles. The summed E-state index contributed by atoms with van der Waals surface area (Å²) in [6.07, 6.45) is 0. The maximum atomic E-state index is 10.8. The quantitative estimate of drug-likeness (QED) is 0.839. The minimum Gasteiger partial charge on any atom is -0.478 e. The summed E-state index contributed by atoms with van der Waals surface area (Å²) in [6.45, 7) is 0. The molecule has 0 atom stereocenters. The number of carboxylic acid groups (broad SMARTS) is 1. The zero-order valence-corrected chi connectivity index (χ0v) is 11.9. The molecule has 0 amide bonds. The molecule has 0 saturated carbocycles. The van der Waals surface area contributed by atoms with Gasteiger partial charge in [0.1, 0.15) is 0 Å². The molecule has 17 heavy (non-hydrogen) atoms. The maximum Gasteiger partial charge on any atom is 0.335 e. The number of carboxylic acids is 1. The Morgan fingerprint density at radius 3 is 2.88 bits per heavy atom. The highest BCUT2D eigenvalue weighted by Gasteiger charge is 2.04. The molecule has 2 rings (SSSR count). The summed E-state index contributed by atoms with van der Waals surface area (Å²) in [5.74, 6) is -0.0312. The molecule has 0 bridgehead atoms. The van der Waals surface area contributed by atoms with Crippen molar-refractivity contribution in [3.63, 3.8) is 0 Å². The fraction of sp³-hybridized carbons (Fsp3) is 0.0833. The maximum absolute atomic E-state index is 10.8. The van der Waals surface area contributed by atoms with Crippen molar-refractivity contribution in [2.45, 2.75) is 10.6 Å². The third kappa shape index (κ3) is 3.59. The molecule has 2 aromatic rings. The number of thiophene rings is 1. The first kappa shape index (κ1) is 12.7. The lowest BCUT2D eigenvalue weighted by molar-refractivity contribution is 0.0696. The Kier molecular flexibility index (Phi) is 4.25. The summed E-state index contributed by atoms with van der Waals surface area (Å²) in [5.41, 5.74) is 1.58. The van der Waals surface area contributed by atoms with Gasteiger partial charge in [0, 0.05) is 10.6 Å². The molecule has 0 radical (unpaired) electrons. The van der Waals surface area contributed by atoms with E-state index >= 15 is 0 Å². The van der Waals surface area contributed by atoms with Gasteiger partial charge < -0.3 is 5.11 Å². The number of thioether (sulfide) groups is 1. The van der Waals surface area contributed by atoms with Crippen molar-refractivity contribution in [3.05, 3.63) is 50.6 Å². The average molecular weight is 329 g/mol. The van der Waals surface area contributed by atoms with Gasteiger partial charge in [0.05, 0.1) is 9.35 Å². The van der Waals surface area contributed by atoms with E-state index in [0.717, 1.165) is 14.4 Å². The SMILES string of the molecule is O=C(O)c1cccc(SCc2csc(Br)c2)c1. The number of benzene rings is 1. The van der Waals surface area contributed by atoms with E-state index in [-0.39, 0.29) is 0 Å². The van der Waals surface area contributed by atoms with E-state index in [9.17, 15) is 4.79 Å². The van der Waals surface area contributed by atoms with Crippen LogP contribution in [0.15, 0.2) is 44.4 Å². The van der Waals surface area contributed by atoms with Crippen LogP contribution in [0.3, 0.4) is 0 Å². The third-order valence-corrected chi connectivity index (χ3v) is 4.73. The number of carbonyl (C=O) groups is 1. The largest absolute Gasteiger partial charge is 0.478 e. The zero-order chi connectivity index (χ0) is 12.3. The third-order valence-electron chi connectivity index (χ3n) is 2.11. The van der Waals surface area contributed by atoms with Crippen LogP contribution in [-0.4, -0.2) is 11.1 Å². The second-order valence-electron chi connectivity index (χ2n) is 3.38. The van der Waals surface area contributed by atoms with E-state index in [1.807, 2.05) is 6.07 Å². The molecule has 0 aliphatic rings. The second kappa shape index (κ2) is 5.71. The first-order valence-corrected chi connectivity index (χ1v) is 7.50. The molecule has 2 nitrogen and oxygen atoms in total. The average Bonchev–Trinajstić information content (AvgIpc) is 2.73. The van der Waals surface area contributed by atoms with Crippen LogP contribution in [0, 0.1) is 0 Å². The van der Waals surface area contributed by atoms with Crippen LogP contribution in [0.25, 0.3) is 0 Å². The van der Waals surface area contributed by atoms with Gasteiger partial charge in [-0.1, -0.05) is 6.07 Å². The predicted molar refractivity (Wildman–Crippen MR) is 75.0 cm³/mol. The van der Waals surface area contributed by atoms with E-state index in [1.165, 1.54) is 5.56 Å². The number of hydrogen-bond acceptors (Lipinski definition) is 3. The molecule has 0 spiro atoms. The molecule has 5 heteroatoms. The van der Waals surface area contributed by atoms with E-state index in [1.54, 1.807) is 41.3 Å². The Balaban J connectivity index is 2.04. The van der Waals surface area contributed by atoms with Gasteiger partial charge >= 0.3 is 5.97 Å². The van der Waals surface area contributed by atoms with Crippen LogP contribution in [0.5, 0.6) is 0 Å². The minimum absolute atomic E-state index is 0.335. The molecule has 1 aromatic carbocycles. The second-order valence-corrected chi connectivity index (χ2v) is 6.72. The van der Waals surface area contributed by atoms with E-state index < -0.39 is 5.97 Å². The molecule has 0 unspecified atom stereocenters. The molecular weight excluding hydrogens is 320 g/mol. The van der Waals surface area contributed by atoms with Crippen LogP contribution in [0.4, 0.5) is 0 Å². The minimum atomic E-state index is -0.884. The lowest BCUT2D eigenvalue weighted by Gasteiger charge is -2.01. The molecule has 88 valence electrons. The van der Waals surface area contributed by atoms with E-state index in [4.69, 9.17) is 5.11 Å². The lowest BCUT2D eigenvalue weighted by Crippen LogP contribution is -1.95. The van der Waals surface area contributed by atoms with Gasteiger partial charge in [-0.25, -0.2) is 4.79 Å². The fourth-order valence-corrected chi connectivity index (χ4v) is 3.51. The van der Waals surface area contributed by atoms with E-state index in [2.05, 4.69) is 27.4 Å². The standard InChI is InChI=1S/C12H9BrO2S2/c13-11-4-8(7-17-11)6-16-10-3-1-2-9(5-10)12(14)15/h1-5,7H,6H2,(H,14,15). The Morgan fingerprint density at radius 2 is 2.24 bits per heavy atom. The predicted octanol–water partition coefficient (Wildman–Crippen LogP) is 4.50. The number of rotatable bonds is 4. The highest BCUT2D eigenvalue weighted by molar-refractivity contribution is 9.11. The molecule has 1 N–H and O–H groups in total. The number of halogens is 1. The van der Waals surface area contributed by atoms with Crippen LogP contribution < -0.4 is 0 Å². The smallest absolute Gasteiger partial charge is 0.335 e. The van der Waals surface area contributed by atoms with Gasteiger partial charge in [-0.05, 0) is 51.1 Å². The summed E-state index contributed by atoms with van der Waals surface area (Å²) in [7, 11) is 0. The van der Waals surface area contributed by atoms with Gasteiger partial charge in [0.2, 0.25) is 0 Å². The fourth-order valence-electron chi connectivity index (χ4n) is 1.31. The van der Waals surface area contributed by atoms with Crippen molar-refractivity contribution in [1.82, 2.24) is 0 Å². The summed E-state index contributed by atoms with van der Waals surface area (Å²) in [6, 6.07) is 9.09. The van der Waals surface area contributed by atoms with E-state index in [0.29, 0.717) is 5.56 Å². The summed E-state index contributed by atoms with van der Waals surface area (Å²) in [4.78, 5) is 11.8. The summed E-state index contributed by atoms with van der Waals surface area (Å²) < 4.78 is 1.12.